The molecule has 0 amide bonds. The maximum Gasteiger partial charge on any atom is 0.0243 e. The molecule has 0 bridgehead atoms. The van der Waals surface area contributed by atoms with Gasteiger partial charge >= 0.3 is 0 Å². The molecule has 2 aliphatic heterocycles. The van der Waals surface area contributed by atoms with Gasteiger partial charge in [-0.15, -0.1) is 0 Å². The summed E-state index contributed by atoms with van der Waals surface area (Å²) in [5.41, 5.74) is 0.369. The molecule has 2 fully saturated rings. The van der Waals surface area contributed by atoms with Crippen molar-refractivity contribution in [2.45, 2.75) is 52.1 Å². The van der Waals surface area contributed by atoms with Crippen molar-refractivity contribution in [3.8, 4) is 0 Å². The molecular weight excluding hydrogens is 222 g/mol. The van der Waals surface area contributed by atoms with Gasteiger partial charge in [-0.25, -0.2) is 0 Å². The van der Waals surface area contributed by atoms with Crippen LogP contribution in [0.4, 0.5) is 0 Å². The summed E-state index contributed by atoms with van der Waals surface area (Å²) >= 11 is 0. The smallest absolute Gasteiger partial charge is 0.0243 e. The zero-order valence-electron chi connectivity index (χ0n) is 12.7. The maximum atomic E-state index is 3.75. The summed E-state index contributed by atoms with van der Waals surface area (Å²) in [7, 11) is 2.25. The molecule has 2 heterocycles. The number of rotatable bonds is 1. The number of nitrogens with zero attached hydrogens (tertiary/aromatic N) is 2. The Balaban J connectivity index is 1.94. The van der Waals surface area contributed by atoms with Crippen LogP contribution in [-0.2, 0) is 0 Å². The van der Waals surface area contributed by atoms with Crippen molar-refractivity contribution in [2.75, 3.05) is 39.8 Å². The lowest BCUT2D eigenvalue weighted by Gasteiger charge is -2.40. The van der Waals surface area contributed by atoms with E-state index in [1.807, 2.05) is 0 Å². The highest BCUT2D eigenvalue weighted by Gasteiger charge is 2.31. The van der Waals surface area contributed by atoms with Crippen molar-refractivity contribution in [3.63, 3.8) is 0 Å². The SMILES string of the molecule is CN1CCC(N2CCCNC(C(C)(C)C)C2)CC1. The van der Waals surface area contributed by atoms with E-state index in [-0.39, 0.29) is 0 Å². The standard InChI is InChI=1S/C15H31N3/c1-15(2,3)14-12-18(9-5-8-16-14)13-6-10-17(4)11-7-13/h13-14,16H,5-12H2,1-4H3. The highest BCUT2D eigenvalue weighted by atomic mass is 15.2. The highest BCUT2D eigenvalue weighted by Crippen LogP contribution is 2.24. The van der Waals surface area contributed by atoms with Crippen molar-refractivity contribution in [2.24, 2.45) is 5.41 Å². The normalized spacial score (nSPS) is 30.3. The Hall–Kier alpha value is -0.120. The van der Waals surface area contributed by atoms with Crippen LogP contribution in [0, 0.1) is 5.41 Å². The van der Waals surface area contributed by atoms with Gasteiger partial charge < -0.3 is 10.2 Å². The Kier molecular flexibility index (Phi) is 4.68. The second-order valence-corrected chi connectivity index (χ2v) is 7.26. The van der Waals surface area contributed by atoms with E-state index in [1.165, 1.54) is 52.0 Å². The third-order valence-corrected chi connectivity index (χ3v) is 4.68. The quantitative estimate of drug-likeness (QED) is 0.769. The third kappa shape index (κ3) is 3.69. The number of nitrogens with one attached hydrogen (secondary N) is 1. The first-order valence-corrected chi connectivity index (χ1v) is 7.63. The zero-order valence-corrected chi connectivity index (χ0v) is 12.7. The number of likely N-dealkylation sites (tertiary alicyclic amines) is 1. The largest absolute Gasteiger partial charge is 0.312 e. The van der Waals surface area contributed by atoms with Crippen LogP contribution in [0.25, 0.3) is 0 Å². The van der Waals surface area contributed by atoms with Gasteiger partial charge in [-0.3, -0.25) is 4.90 Å². The minimum Gasteiger partial charge on any atom is -0.312 e. The molecule has 2 saturated heterocycles. The van der Waals surface area contributed by atoms with Crippen LogP contribution in [0.5, 0.6) is 0 Å². The summed E-state index contributed by atoms with van der Waals surface area (Å²) in [4.78, 5) is 5.23. The minimum absolute atomic E-state index is 0.369. The molecule has 0 aromatic rings. The topological polar surface area (TPSA) is 18.5 Å². The van der Waals surface area contributed by atoms with E-state index in [0.29, 0.717) is 11.5 Å². The van der Waals surface area contributed by atoms with Crippen molar-refractivity contribution in [1.82, 2.24) is 15.1 Å². The van der Waals surface area contributed by atoms with Crippen LogP contribution in [0.3, 0.4) is 0 Å². The summed E-state index contributed by atoms with van der Waals surface area (Å²) < 4.78 is 0. The number of hydrogen-bond acceptors (Lipinski definition) is 3. The van der Waals surface area contributed by atoms with Crippen LogP contribution in [0.2, 0.25) is 0 Å². The monoisotopic (exact) mass is 253 g/mol. The Labute approximate surface area is 113 Å². The van der Waals surface area contributed by atoms with Gasteiger partial charge in [0.2, 0.25) is 0 Å². The van der Waals surface area contributed by atoms with E-state index in [4.69, 9.17) is 0 Å². The molecule has 0 aliphatic carbocycles. The first-order chi connectivity index (χ1) is 8.47. The fraction of sp³-hybridized carbons (Fsp3) is 1.00. The zero-order chi connectivity index (χ0) is 13.2. The van der Waals surface area contributed by atoms with Crippen LogP contribution in [-0.4, -0.2) is 61.7 Å². The molecule has 1 N–H and O–H groups in total. The summed E-state index contributed by atoms with van der Waals surface area (Å²) in [6, 6.07) is 1.46. The van der Waals surface area contributed by atoms with Gasteiger partial charge in [0, 0.05) is 18.6 Å². The van der Waals surface area contributed by atoms with Gasteiger partial charge in [-0.2, -0.15) is 0 Å². The molecule has 2 aliphatic rings. The van der Waals surface area contributed by atoms with Gasteiger partial charge in [-0.05, 0) is 57.9 Å². The molecule has 2 rings (SSSR count). The Bertz CT molecular complexity index is 251. The van der Waals surface area contributed by atoms with Gasteiger partial charge in [0.15, 0.2) is 0 Å². The van der Waals surface area contributed by atoms with E-state index < -0.39 is 0 Å². The molecule has 3 heteroatoms. The van der Waals surface area contributed by atoms with Crippen molar-refractivity contribution >= 4 is 0 Å². The number of piperidine rings is 1. The Morgan fingerprint density at radius 3 is 2.33 bits per heavy atom. The summed E-state index contributed by atoms with van der Waals surface area (Å²) in [5.74, 6) is 0. The predicted molar refractivity (Wildman–Crippen MR) is 78.0 cm³/mol. The Morgan fingerprint density at radius 1 is 1.06 bits per heavy atom. The molecule has 0 radical (unpaired) electrons. The van der Waals surface area contributed by atoms with Crippen molar-refractivity contribution < 1.29 is 0 Å². The van der Waals surface area contributed by atoms with E-state index >= 15 is 0 Å². The van der Waals surface area contributed by atoms with Gasteiger partial charge in [0.05, 0.1) is 0 Å². The Morgan fingerprint density at radius 2 is 1.72 bits per heavy atom. The summed E-state index contributed by atoms with van der Waals surface area (Å²) in [5, 5.41) is 3.75. The highest BCUT2D eigenvalue weighted by molar-refractivity contribution is 4.89. The molecule has 0 aromatic heterocycles. The van der Waals surface area contributed by atoms with Crippen LogP contribution in [0.15, 0.2) is 0 Å². The maximum absolute atomic E-state index is 3.75. The van der Waals surface area contributed by atoms with Gasteiger partial charge in [-0.1, -0.05) is 20.8 Å². The molecule has 0 spiro atoms. The molecule has 0 saturated carbocycles. The molecule has 3 nitrogen and oxygen atoms in total. The first kappa shape index (κ1) is 14.3. The summed E-state index contributed by atoms with van der Waals surface area (Å²) in [6.45, 7) is 13.3. The average molecular weight is 253 g/mol. The lowest BCUT2D eigenvalue weighted by Crippen LogP contribution is -2.50. The van der Waals surface area contributed by atoms with E-state index in [2.05, 4.69) is 42.9 Å². The van der Waals surface area contributed by atoms with Crippen molar-refractivity contribution in [3.05, 3.63) is 0 Å². The number of hydrogen-bond donors (Lipinski definition) is 1. The second-order valence-electron chi connectivity index (χ2n) is 7.26. The minimum atomic E-state index is 0.369. The third-order valence-electron chi connectivity index (χ3n) is 4.68. The van der Waals surface area contributed by atoms with Gasteiger partial charge in [0.1, 0.15) is 0 Å². The predicted octanol–water partition coefficient (Wildman–Crippen LogP) is 1.79. The molecule has 1 atom stereocenters. The van der Waals surface area contributed by atoms with E-state index in [9.17, 15) is 0 Å². The van der Waals surface area contributed by atoms with Crippen LogP contribution >= 0.6 is 0 Å². The molecular formula is C15H31N3. The fourth-order valence-corrected chi connectivity index (χ4v) is 3.22. The van der Waals surface area contributed by atoms with Crippen LogP contribution in [0.1, 0.15) is 40.0 Å². The first-order valence-electron chi connectivity index (χ1n) is 7.63. The lowest BCUT2D eigenvalue weighted by atomic mass is 9.86. The fourth-order valence-electron chi connectivity index (χ4n) is 3.22. The van der Waals surface area contributed by atoms with E-state index in [0.717, 1.165) is 6.04 Å². The molecule has 106 valence electrons. The second kappa shape index (κ2) is 5.89. The molecule has 0 aromatic carbocycles. The van der Waals surface area contributed by atoms with E-state index in [1.54, 1.807) is 0 Å². The van der Waals surface area contributed by atoms with Crippen LogP contribution < -0.4 is 5.32 Å². The van der Waals surface area contributed by atoms with Gasteiger partial charge in [0.25, 0.3) is 0 Å². The van der Waals surface area contributed by atoms with Crippen molar-refractivity contribution in [1.29, 1.82) is 0 Å². The molecule has 1 unspecified atom stereocenters. The summed E-state index contributed by atoms with van der Waals surface area (Å²) in [6.07, 6.45) is 4.01. The average Bonchev–Trinajstić information content (AvgIpc) is 2.55. The molecule has 18 heavy (non-hydrogen) atoms. The lowest BCUT2D eigenvalue weighted by molar-refractivity contribution is 0.103.